The fourth-order valence-corrected chi connectivity index (χ4v) is 2.72. The highest BCUT2D eigenvalue weighted by Crippen LogP contribution is 2.24. The van der Waals surface area contributed by atoms with Crippen LogP contribution < -0.4 is 0 Å². The van der Waals surface area contributed by atoms with Crippen LogP contribution in [0.25, 0.3) is 5.69 Å². The molecule has 0 radical (unpaired) electrons. The summed E-state index contributed by atoms with van der Waals surface area (Å²) >= 11 is 0. The van der Waals surface area contributed by atoms with Gasteiger partial charge in [0.15, 0.2) is 0 Å². The summed E-state index contributed by atoms with van der Waals surface area (Å²) in [4.78, 5) is 14.2. The highest BCUT2D eigenvalue weighted by atomic mass is 19.1. The average molecular weight is 349 g/mol. The van der Waals surface area contributed by atoms with E-state index >= 15 is 0 Å². The van der Waals surface area contributed by atoms with Crippen LogP contribution in [0.1, 0.15) is 35.8 Å². The molecule has 1 unspecified atom stereocenters. The summed E-state index contributed by atoms with van der Waals surface area (Å²) in [6.45, 7) is 4.25. The first-order valence-corrected chi connectivity index (χ1v) is 8.11. The zero-order valence-corrected chi connectivity index (χ0v) is 14.9. The SMILES string of the molecule is COCC(O)CN(C)C(=O)c1cnn(-c2ccc(F)cc2)c1C(C)C. The molecule has 1 N–H and O–H groups in total. The van der Waals surface area contributed by atoms with Gasteiger partial charge in [-0.25, -0.2) is 9.07 Å². The third-order valence-electron chi connectivity index (χ3n) is 3.85. The first-order chi connectivity index (χ1) is 11.8. The lowest BCUT2D eigenvalue weighted by Crippen LogP contribution is -2.36. The number of nitrogens with zero attached hydrogens (tertiary/aromatic N) is 3. The van der Waals surface area contributed by atoms with E-state index in [0.29, 0.717) is 11.3 Å². The zero-order chi connectivity index (χ0) is 18.6. The maximum atomic E-state index is 13.2. The van der Waals surface area contributed by atoms with E-state index in [0.717, 1.165) is 5.69 Å². The highest BCUT2D eigenvalue weighted by molar-refractivity contribution is 5.95. The van der Waals surface area contributed by atoms with E-state index in [9.17, 15) is 14.3 Å². The number of hydrogen-bond donors (Lipinski definition) is 1. The Morgan fingerprint density at radius 1 is 1.36 bits per heavy atom. The standard InChI is InChI=1S/C18H24FN3O3/c1-12(2)17-16(18(24)21(3)10-15(23)11-25-4)9-20-22(17)14-7-5-13(19)6-8-14/h5-9,12,15,23H,10-11H2,1-4H3. The van der Waals surface area contributed by atoms with Crippen LogP contribution in [-0.2, 0) is 4.74 Å². The molecule has 6 nitrogen and oxygen atoms in total. The monoisotopic (exact) mass is 349 g/mol. The predicted octanol–water partition coefficient (Wildman–Crippen LogP) is 2.21. The van der Waals surface area contributed by atoms with Crippen molar-refractivity contribution in [2.24, 2.45) is 0 Å². The molecule has 1 amide bonds. The number of carbonyl (C=O) groups excluding carboxylic acids is 1. The molecule has 7 heteroatoms. The minimum atomic E-state index is -0.756. The number of aliphatic hydroxyl groups is 1. The van der Waals surface area contributed by atoms with Gasteiger partial charge in [0.2, 0.25) is 0 Å². The van der Waals surface area contributed by atoms with Crippen LogP contribution >= 0.6 is 0 Å². The lowest BCUT2D eigenvalue weighted by molar-refractivity contribution is 0.0379. The molecule has 136 valence electrons. The van der Waals surface area contributed by atoms with E-state index in [2.05, 4.69) is 5.10 Å². The summed E-state index contributed by atoms with van der Waals surface area (Å²) in [5, 5.41) is 14.1. The Bertz CT molecular complexity index is 713. The number of methoxy groups -OCH3 is 1. The number of benzene rings is 1. The molecule has 0 spiro atoms. The Morgan fingerprint density at radius 3 is 2.56 bits per heavy atom. The first-order valence-electron chi connectivity index (χ1n) is 8.11. The Hall–Kier alpha value is -2.25. The van der Waals surface area contributed by atoms with Gasteiger partial charge in [-0.2, -0.15) is 5.10 Å². The van der Waals surface area contributed by atoms with Gasteiger partial charge in [-0.3, -0.25) is 4.79 Å². The van der Waals surface area contributed by atoms with Crippen molar-refractivity contribution in [1.82, 2.24) is 14.7 Å². The van der Waals surface area contributed by atoms with E-state index in [1.54, 1.807) is 23.9 Å². The molecule has 0 aliphatic rings. The number of amides is 1. The number of aromatic nitrogens is 2. The summed E-state index contributed by atoms with van der Waals surface area (Å²) in [7, 11) is 3.12. The van der Waals surface area contributed by atoms with Gasteiger partial charge in [0.05, 0.1) is 35.9 Å². The van der Waals surface area contributed by atoms with E-state index in [1.165, 1.54) is 30.3 Å². The zero-order valence-electron chi connectivity index (χ0n) is 14.9. The highest BCUT2D eigenvalue weighted by Gasteiger charge is 2.24. The molecule has 2 rings (SSSR count). The van der Waals surface area contributed by atoms with Crippen LogP contribution in [0.4, 0.5) is 4.39 Å². The number of halogens is 1. The van der Waals surface area contributed by atoms with Crippen molar-refractivity contribution in [2.75, 3.05) is 27.3 Å². The number of likely N-dealkylation sites (N-methyl/N-ethyl adjacent to an activating group) is 1. The smallest absolute Gasteiger partial charge is 0.257 e. The second kappa shape index (κ2) is 8.22. The fraction of sp³-hybridized carbons (Fsp3) is 0.444. The van der Waals surface area contributed by atoms with Crippen molar-refractivity contribution in [3.05, 3.63) is 47.5 Å². The van der Waals surface area contributed by atoms with Gasteiger partial charge in [-0.1, -0.05) is 13.8 Å². The average Bonchev–Trinajstić information content (AvgIpc) is 3.00. The quantitative estimate of drug-likeness (QED) is 0.832. The van der Waals surface area contributed by atoms with Crippen molar-refractivity contribution < 1.29 is 19.0 Å². The molecular weight excluding hydrogens is 325 g/mol. The number of rotatable bonds is 7. The second-order valence-corrected chi connectivity index (χ2v) is 6.28. The summed E-state index contributed by atoms with van der Waals surface area (Å²) in [6.07, 6.45) is 0.758. The van der Waals surface area contributed by atoms with Gasteiger partial charge in [-0.05, 0) is 30.2 Å². The minimum Gasteiger partial charge on any atom is -0.389 e. The molecule has 1 aromatic carbocycles. The summed E-state index contributed by atoms with van der Waals surface area (Å²) in [6, 6.07) is 5.95. The predicted molar refractivity (Wildman–Crippen MR) is 92.5 cm³/mol. The van der Waals surface area contributed by atoms with Crippen molar-refractivity contribution >= 4 is 5.91 Å². The third kappa shape index (κ3) is 4.43. The molecule has 0 bridgehead atoms. The minimum absolute atomic E-state index is 0.0313. The van der Waals surface area contributed by atoms with Crippen molar-refractivity contribution in [3.8, 4) is 5.69 Å². The van der Waals surface area contributed by atoms with Crippen molar-refractivity contribution in [3.63, 3.8) is 0 Å². The first kappa shape index (κ1) is 19.1. The van der Waals surface area contributed by atoms with Crippen molar-refractivity contribution in [1.29, 1.82) is 0 Å². The number of ether oxygens (including phenoxy) is 1. The van der Waals surface area contributed by atoms with Gasteiger partial charge >= 0.3 is 0 Å². The molecule has 1 atom stereocenters. The van der Waals surface area contributed by atoms with E-state index in [-0.39, 0.29) is 30.8 Å². The van der Waals surface area contributed by atoms with E-state index < -0.39 is 6.10 Å². The molecule has 0 aliphatic carbocycles. The van der Waals surface area contributed by atoms with E-state index in [4.69, 9.17) is 4.74 Å². The lowest BCUT2D eigenvalue weighted by atomic mass is 10.0. The van der Waals surface area contributed by atoms with Crippen LogP contribution in [0.5, 0.6) is 0 Å². The maximum absolute atomic E-state index is 13.2. The maximum Gasteiger partial charge on any atom is 0.257 e. The molecule has 2 aromatic rings. The van der Waals surface area contributed by atoms with Crippen LogP contribution in [-0.4, -0.2) is 59.1 Å². The van der Waals surface area contributed by atoms with Gasteiger partial charge in [0.25, 0.3) is 5.91 Å². The van der Waals surface area contributed by atoms with Crippen LogP contribution in [0.2, 0.25) is 0 Å². The van der Waals surface area contributed by atoms with Gasteiger partial charge in [0, 0.05) is 20.7 Å². The topological polar surface area (TPSA) is 67.6 Å². The normalized spacial score (nSPS) is 12.4. The Kier molecular flexibility index (Phi) is 6.27. The molecule has 25 heavy (non-hydrogen) atoms. The van der Waals surface area contributed by atoms with Gasteiger partial charge in [-0.15, -0.1) is 0 Å². The largest absolute Gasteiger partial charge is 0.389 e. The van der Waals surface area contributed by atoms with Gasteiger partial charge in [0.1, 0.15) is 5.82 Å². The Morgan fingerprint density at radius 2 is 2.00 bits per heavy atom. The van der Waals surface area contributed by atoms with Crippen LogP contribution in [0, 0.1) is 5.82 Å². The summed E-state index contributed by atoms with van der Waals surface area (Å²) in [5.41, 5.74) is 1.89. The molecule has 0 fully saturated rings. The third-order valence-corrected chi connectivity index (χ3v) is 3.85. The number of carbonyl (C=O) groups is 1. The molecular formula is C18H24FN3O3. The van der Waals surface area contributed by atoms with Crippen LogP contribution in [0.15, 0.2) is 30.5 Å². The van der Waals surface area contributed by atoms with Crippen molar-refractivity contribution in [2.45, 2.75) is 25.9 Å². The lowest BCUT2D eigenvalue weighted by Gasteiger charge is -2.21. The molecule has 0 saturated heterocycles. The fourth-order valence-electron chi connectivity index (χ4n) is 2.72. The second-order valence-electron chi connectivity index (χ2n) is 6.28. The molecule has 1 aromatic heterocycles. The van der Waals surface area contributed by atoms with Crippen LogP contribution in [0.3, 0.4) is 0 Å². The van der Waals surface area contributed by atoms with Gasteiger partial charge < -0.3 is 14.7 Å². The molecule has 1 heterocycles. The molecule has 0 saturated carbocycles. The summed E-state index contributed by atoms with van der Waals surface area (Å²) in [5.74, 6) is -0.527. The number of aliphatic hydroxyl groups excluding tert-OH is 1. The Labute approximate surface area is 146 Å². The Balaban J connectivity index is 2.32. The van der Waals surface area contributed by atoms with E-state index in [1.807, 2.05) is 13.8 Å². The number of hydrogen-bond acceptors (Lipinski definition) is 4. The summed E-state index contributed by atoms with van der Waals surface area (Å²) < 4.78 is 19.7. The molecule has 0 aliphatic heterocycles.